The molecule has 0 amide bonds. The summed E-state index contributed by atoms with van der Waals surface area (Å²) in [5.74, 6) is 0. The molecule has 0 aromatic carbocycles. The third-order valence-corrected chi connectivity index (χ3v) is 0. The van der Waals surface area contributed by atoms with E-state index >= 15 is 0 Å². The van der Waals surface area contributed by atoms with Crippen molar-refractivity contribution >= 4 is 0 Å². The van der Waals surface area contributed by atoms with Crippen molar-refractivity contribution in [1.82, 2.24) is 0 Å². The Morgan fingerprint density at radius 2 is 0.500 bits per heavy atom. The first-order valence-electron chi connectivity index (χ1n) is 0. The molecule has 6 heteroatoms. The molecule has 0 aromatic rings. The van der Waals surface area contributed by atoms with Gasteiger partial charge in [-0.05, 0) is 0 Å². The first-order valence-corrected chi connectivity index (χ1v) is 0. The molecule has 0 saturated heterocycles. The van der Waals surface area contributed by atoms with Gasteiger partial charge in [0.25, 0.3) is 0 Å². The fraction of sp³-hybridized carbons (Fsp3) is 0. The fourth-order valence-corrected chi connectivity index (χ4v) is 0. The van der Waals surface area contributed by atoms with E-state index in [1.54, 1.807) is 0 Å². The van der Waals surface area contributed by atoms with Gasteiger partial charge in [-0.2, -0.15) is 0 Å². The van der Waals surface area contributed by atoms with E-state index in [1.807, 2.05) is 0 Å². The van der Waals surface area contributed by atoms with Gasteiger partial charge in [0.15, 0.2) is 0 Å². The monoisotopic (exact) mass is 300 g/mol. The molecule has 0 atom stereocenters. The Labute approximate surface area is 64.7 Å². The number of rotatable bonds is 0. The van der Waals surface area contributed by atoms with E-state index in [-0.39, 0.29) is 64.7 Å². The van der Waals surface area contributed by atoms with Crippen LogP contribution in [0.4, 0.5) is 0 Å². The van der Waals surface area contributed by atoms with Crippen LogP contribution in [0.5, 0.6) is 0 Å². The summed E-state index contributed by atoms with van der Waals surface area (Å²) in [6.45, 7) is 0. The molecule has 0 aliphatic rings. The van der Waals surface area contributed by atoms with Crippen LogP contribution in [-0.4, -0.2) is 21.9 Å². The van der Waals surface area contributed by atoms with Gasteiger partial charge in [0.2, 0.25) is 0 Å². The second-order valence-electron chi connectivity index (χ2n) is 0. The van der Waals surface area contributed by atoms with Gasteiger partial charge < -0.3 is 21.9 Å². The molecule has 0 heterocycles. The van der Waals surface area contributed by atoms with Crippen LogP contribution >= 0.6 is 0 Å². The van der Waals surface area contributed by atoms with Crippen LogP contribution in [0.1, 0.15) is 0 Å². The minimum atomic E-state index is 0. The Bertz CT molecular complexity index is 7.51. The van der Waals surface area contributed by atoms with Crippen molar-refractivity contribution in [1.29, 1.82) is 0 Å². The van der Waals surface area contributed by atoms with Crippen LogP contribution in [0.2, 0.25) is 0 Å². The van der Waals surface area contributed by atoms with Crippen molar-refractivity contribution in [2.24, 2.45) is 0 Å². The Morgan fingerprint density at radius 1 is 0.500 bits per heavy atom. The zero-order chi connectivity index (χ0) is 0. The van der Waals surface area contributed by atoms with Gasteiger partial charge in [-0.1, -0.05) is 0 Å². The van der Waals surface area contributed by atoms with Crippen LogP contribution in [0.25, 0.3) is 0 Å². The maximum atomic E-state index is 0. The molecule has 4 nitrogen and oxygen atoms in total. The molecule has 0 aliphatic heterocycles. The molecular formula is H4O4TiW-4. The molecule has 0 saturated carbocycles. The number of hydrogen-bond donors (Lipinski definition) is 0. The van der Waals surface area contributed by atoms with Gasteiger partial charge in [-0.3, -0.25) is 0 Å². The molecule has 0 unspecified atom stereocenters. The van der Waals surface area contributed by atoms with Crippen molar-refractivity contribution in [2.75, 3.05) is 0 Å². The van der Waals surface area contributed by atoms with E-state index in [2.05, 4.69) is 0 Å². The molecule has 4 N–H and O–H groups in total. The average Bonchev–Trinajstić information content (AvgIpc) is 0. The fourth-order valence-electron chi connectivity index (χ4n) is 0. The molecule has 0 aromatic heterocycles. The Morgan fingerprint density at radius 3 is 0.500 bits per heavy atom. The Kier molecular flexibility index (Phi) is 3390. The topological polar surface area (TPSA) is 120 Å². The molecular weight excluding hydrogens is 296 g/mol. The molecule has 42 valence electrons. The summed E-state index contributed by atoms with van der Waals surface area (Å²) in [4.78, 5) is 0. The van der Waals surface area contributed by atoms with E-state index in [0.717, 1.165) is 0 Å². The Balaban J connectivity index is 0. The standard InChI is InChI=1S/4H2O.Ti.W/h4*1H2;;/p-4. The molecule has 0 radical (unpaired) electrons. The van der Waals surface area contributed by atoms with Gasteiger partial charge >= 0.3 is 0 Å². The van der Waals surface area contributed by atoms with Crippen molar-refractivity contribution in [3.63, 3.8) is 0 Å². The third-order valence-electron chi connectivity index (χ3n) is 0. The van der Waals surface area contributed by atoms with Crippen molar-refractivity contribution in [3.05, 3.63) is 0 Å². The largest absolute Gasteiger partial charge is 0.870 e. The maximum Gasteiger partial charge on any atom is 0 e. The van der Waals surface area contributed by atoms with Gasteiger partial charge in [-0.25, -0.2) is 0 Å². The van der Waals surface area contributed by atoms with Gasteiger partial charge in [-0.15, -0.1) is 0 Å². The second kappa shape index (κ2) is 111. The average molecular weight is 300 g/mol. The van der Waals surface area contributed by atoms with E-state index in [9.17, 15) is 0 Å². The normalized spacial score (nSPS) is 0. The summed E-state index contributed by atoms with van der Waals surface area (Å²) >= 11 is 0. The zero-order valence-electron chi connectivity index (χ0n) is 2.70. The number of hydrogen-bond acceptors (Lipinski definition) is 4. The summed E-state index contributed by atoms with van der Waals surface area (Å²) in [7, 11) is 0. The van der Waals surface area contributed by atoms with E-state index in [4.69, 9.17) is 0 Å². The SMILES string of the molecule is [OH-].[OH-].[OH-].[OH-].[Ti].[W]. The summed E-state index contributed by atoms with van der Waals surface area (Å²) in [6.07, 6.45) is 0. The van der Waals surface area contributed by atoms with E-state index in [1.165, 1.54) is 0 Å². The van der Waals surface area contributed by atoms with Crippen LogP contribution in [-0.2, 0) is 42.8 Å². The zero-order valence-corrected chi connectivity index (χ0v) is 7.19. The maximum absolute atomic E-state index is 0. The van der Waals surface area contributed by atoms with Gasteiger partial charge in [0.1, 0.15) is 0 Å². The molecule has 0 aliphatic carbocycles. The van der Waals surface area contributed by atoms with Crippen molar-refractivity contribution in [3.8, 4) is 0 Å². The van der Waals surface area contributed by atoms with Crippen LogP contribution in [0, 0.1) is 0 Å². The van der Waals surface area contributed by atoms with Crippen molar-refractivity contribution < 1.29 is 64.7 Å². The van der Waals surface area contributed by atoms with Crippen LogP contribution < -0.4 is 0 Å². The summed E-state index contributed by atoms with van der Waals surface area (Å²) in [5, 5.41) is 0. The quantitative estimate of drug-likeness (QED) is 0.548. The van der Waals surface area contributed by atoms with Gasteiger partial charge in [0, 0.05) is 42.8 Å². The van der Waals surface area contributed by atoms with Crippen LogP contribution in [0.3, 0.4) is 0 Å². The first-order chi connectivity index (χ1) is 0. The third kappa shape index (κ3) is 61.1. The summed E-state index contributed by atoms with van der Waals surface area (Å²) in [5.41, 5.74) is 0. The van der Waals surface area contributed by atoms with E-state index < -0.39 is 0 Å². The first kappa shape index (κ1) is 183. The van der Waals surface area contributed by atoms with E-state index in [0.29, 0.717) is 0 Å². The summed E-state index contributed by atoms with van der Waals surface area (Å²) in [6, 6.07) is 0. The smallest absolute Gasteiger partial charge is 0 e. The molecule has 0 spiro atoms. The molecule has 6 heavy (non-hydrogen) atoms. The minimum absolute atomic E-state index is 0. The predicted octanol–water partition coefficient (Wildman–Crippen LogP) is -0.712. The molecule has 0 rings (SSSR count). The second-order valence-corrected chi connectivity index (χ2v) is 0. The Hall–Kier alpha value is 1.24. The molecule has 0 fully saturated rings. The van der Waals surface area contributed by atoms with Crippen molar-refractivity contribution in [2.45, 2.75) is 0 Å². The summed E-state index contributed by atoms with van der Waals surface area (Å²) < 4.78 is 0. The van der Waals surface area contributed by atoms with Gasteiger partial charge in [0.05, 0.1) is 0 Å². The minimum Gasteiger partial charge on any atom is -0.870 e. The van der Waals surface area contributed by atoms with Crippen LogP contribution in [0.15, 0.2) is 0 Å². The molecule has 0 bridgehead atoms. The predicted molar refractivity (Wildman–Crippen MR) is 7.74 cm³/mol.